The lowest BCUT2D eigenvalue weighted by atomic mass is 9.88. The average molecular weight is 465 g/mol. The number of aliphatic imine (C=N–C) groups is 1. The molecule has 0 spiro atoms. The summed E-state index contributed by atoms with van der Waals surface area (Å²) in [5.74, 6) is 0.0483. The molecule has 0 bridgehead atoms. The predicted molar refractivity (Wildman–Crippen MR) is 139 cm³/mol. The summed E-state index contributed by atoms with van der Waals surface area (Å²) < 4.78 is 0. The lowest BCUT2D eigenvalue weighted by Crippen LogP contribution is -2.44. The highest BCUT2D eigenvalue weighted by Gasteiger charge is 2.33. The van der Waals surface area contributed by atoms with Gasteiger partial charge in [0.25, 0.3) is 0 Å². The summed E-state index contributed by atoms with van der Waals surface area (Å²) in [5.41, 5.74) is 8.74. The number of hydrogen-bond acceptors (Lipinski definition) is 4. The molecule has 3 atom stereocenters. The molecule has 1 aromatic rings. The van der Waals surface area contributed by atoms with Crippen LogP contribution in [-0.4, -0.2) is 59.6 Å². The lowest BCUT2D eigenvalue weighted by Gasteiger charge is -2.39. The van der Waals surface area contributed by atoms with Gasteiger partial charge in [0.2, 0.25) is 5.91 Å². The molecule has 1 fully saturated rings. The number of nitrogens with two attached hydrogens (primary N) is 1. The van der Waals surface area contributed by atoms with Gasteiger partial charge in [0.15, 0.2) is 5.96 Å². The third kappa shape index (κ3) is 5.69. The standard InChI is InChI=1S/C27H40N6O/c1-20-9-8-10-21(2)32(20)14-6-3-7-15-33-25-12-5-4-11-22(25)17-23(26(33)34)18-24-19-31(27(28)29)16-13-30-24/h4-5,11-13,19-21,23H,3,6-10,14-18H2,1-2H3,(H3,28,29)/t20-,21+,23?. The molecule has 0 aliphatic carbocycles. The highest BCUT2D eigenvalue weighted by Crippen LogP contribution is 2.34. The van der Waals surface area contributed by atoms with Gasteiger partial charge in [0.05, 0.1) is 12.2 Å². The number of nitrogens with zero attached hydrogens (tertiary/aromatic N) is 4. The van der Waals surface area contributed by atoms with Crippen LogP contribution in [0.25, 0.3) is 0 Å². The third-order valence-corrected chi connectivity index (χ3v) is 7.64. The van der Waals surface area contributed by atoms with E-state index in [1.807, 2.05) is 17.2 Å². The fourth-order valence-corrected chi connectivity index (χ4v) is 5.72. The first-order chi connectivity index (χ1) is 16.4. The van der Waals surface area contributed by atoms with Crippen molar-refractivity contribution in [2.45, 2.75) is 77.3 Å². The number of carbonyl (C=O) groups is 1. The minimum Gasteiger partial charge on any atom is -0.370 e. The molecule has 3 aliphatic heterocycles. The van der Waals surface area contributed by atoms with E-state index in [1.165, 1.54) is 31.2 Å². The number of fused-ring (bicyclic) bond motifs is 1. The second kappa shape index (κ2) is 11.2. The fraction of sp³-hybridized carbons (Fsp3) is 0.593. The zero-order valence-corrected chi connectivity index (χ0v) is 20.7. The predicted octanol–water partition coefficient (Wildman–Crippen LogP) is 4.14. The molecular formula is C27H40N6O. The Bertz CT molecular complexity index is 931. The molecule has 7 nitrogen and oxygen atoms in total. The van der Waals surface area contributed by atoms with E-state index in [9.17, 15) is 4.79 Å². The van der Waals surface area contributed by atoms with Crippen LogP contribution in [0.2, 0.25) is 0 Å². The highest BCUT2D eigenvalue weighted by atomic mass is 16.2. The normalized spacial score (nSPS) is 25.3. The van der Waals surface area contributed by atoms with Gasteiger partial charge in [-0.15, -0.1) is 0 Å². The molecule has 0 aromatic heterocycles. The van der Waals surface area contributed by atoms with Gasteiger partial charge in [-0.2, -0.15) is 0 Å². The van der Waals surface area contributed by atoms with Crippen LogP contribution in [0, 0.1) is 11.3 Å². The maximum Gasteiger partial charge on any atom is 0.230 e. The maximum absolute atomic E-state index is 13.5. The summed E-state index contributed by atoms with van der Waals surface area (Å²) in [6.07, 6.45) is 12.2. The molecule has 0 saturated carbocycles. The molecule has 34 heavy (non-hydrogen) atoms. The fourth-order valence-electron chi connectivity index (χ4n) is 5.72. The monoisotopic (exact) mass is 464 g/mol. The zero-order valence-electron chi connectivity index (χ0n) is 20.7. The van der Waals surface area contributed by atoms with Crippen LogP contribution in [0.3, 0.4) is 0 Å². The van der Waals surface area contributed by atoms with Crippen LogP contribution in [0.4, 0.5) is 5.69 Å². The van der Waals surface area contributed by atoms with Gasteiger partial charge < -0.3 is 15.5 Å². The number of nitrogens with one attached hydrogen (secondary N) is 1. The van der Waals surface area contributed by atoms with Crippen molar-refractivity contribution >= 4 is 23.8 Å². The van der Waals surface area contributed by atoms with E-state index in [-0.39, 0.29) is 17.8 Å². The average Bonchev–Trinajstić information content (AvgIpc) is 2.82. The van der Waals surface area contributed by atoms with Crippen LogP contribution < -0.4 is 10.6 Å². The minimum absolute atomic E-state index is 0.000987. The van der Waals surface area contributed by atoms with Crippen molar-refractivity contribution in [1.29, 1.82) is 5.41 Å². The van der Waals surface area contributed by atoms with Crippen molar-refractivity contribution in [1.82, 2.24) is 9.80 Å². The third-order valence-electron chi connectivity index (χ3n) is 7.64. The van der Waals surface area contributed by atoms with Crippen LogP contribution in [0.15, 0.2) is 41.2 Å². The van der Waals surface area contributed by atoms with Gasteiger partial charge in [0.1, 0.15) is 0 Å². The number of amides is 1. The molecule has 3 N–H and O–H groups in total. The summed E-state index contributed by atoms with van der Waals surface area (Å²) in [4.78, 5) is 24.3. The summed E-state index contributed by atoms with van der Waals surface area (Å²) >= 11 is 0. The van der Waals surface area contributed by atoms with E-state index < -0.39 is 0 Å². The van der Waals surface area contributed by atoms with Crippen LogP contribution >= 0.6 is 0 Å². The van der Waals surface area contributed by atoms with Crippen molar-refractivity contribution in [2.75, 3.05) is 24.5 Å². The van der Waals surface area contributed by atoms with Gasteiger partial charge in [0, 0.05) is 49.1 Å². The molecule has 1 saturated heterocycles. The molecule has 7 heteroatoms. The van der Waals surface area contributed by atoms with E-state index in [4.69, 9.17) is 11.1 Å². The molecule has 1 amide bonds. The number of hydrogen-bond donors (Lipinski definition) is 2. The van der Waals surface area contributed by atoms with Gasteiger partial charge in [-0.1, -0.05) is 31.0 Å². The molecule has 184 valence electrons. The number of benzene rings is 1. The summed E-state index contributed by atoms with van der Waals surface area (Å²) in [5, 5.41) is 7.68. The smallest absolute Gasteiger partial charge is 0.230 e. The molecular weight excluding hydrogens is 424 g/mol. The Balaban J connectivity index is 1.36. The Hall–Kier alpha value is -2.67. The number of allylic oxidation sites excluding steroid dienone is 1. The largest absolute Gasteiger partial charge is 0.370 e. The van der Waals surface area contributed by atoms with Crippen LogP contribution in [0.5, 0.6) is 0 Å². The van der Waals surface area contributed by atoms with Crippen LogP contribution in [0.1, 0.15) is 64.4 Å². The summed E-state index contributed by atoms with van der Waals surface area (Å²) in [6, 6.07) is 9.68. The second-order valence-corrected chi connectivity index (χ2v) is 10.1. The maximum atomic E-state index is 13.5. The number of rotatable bonds is 8. The first-order valence-electron chi connectivity index (χ1n) is 12.9. The molecule has 0 radical (unpaired) electrons. The SMILES string of the molecule is C[C@@H]1CCC[C@H](C)N1CCCCCN1C(=O)C(CC2=CN(C(=N)N)CC=N2)Cc2ccccc21. The van der Waals surface area contributed by atoms with Gasteiger partial charge >= 0.3 is 0 Å². The number of unbranched alkanes of at least 4 members (excludes halogenated alkanes) is 2. The summed E-state index contributed by atoms with van der Waals surface area (Å²) in [6.45, 7) is 7.15. The topological polar surface area (TPSA) is 89.0 Å². The van der Waals surface area contributed by atoms with Crippen molar-refractivity contribution in [2.24, 2.45) is 16.6 Å². The number of piperidine rings is 1. The number of para-hydroxylation sites is 1. The number of carbonyl (C=O) groups excluding carboxylic acids is 1. The van der Waals surface area contributed by atoms with E-state index in [0.29, 0.717) is 25.0 Å². The second-order valence-electron chi connectivity index (χ2n) is 10.1. The number of guanidine groups is 1. The Morgan fingerprint density at radius 3 is 2.62 bits per heavy atom. The number of likely N-dealkylation sites (tertiary alicyclic amines) is 1. The van der Waals surface area contributed by atoms with Crippen molar-refractivity contribution < 1.29 is 4.79 Å². The quantitative estimate of drug-likeness (QED) is 0.344. The van der Waals surface area contributed by atoms with Gasteiger partial charge in [-0.25, -0.2) is 0 Å². The Kier molecular flexibility index (Phi) is 8.03. The number of anilines is 1. The lowest BCUT2D eigenvalue weighted by molar-refractivity contribution is -0.122. The van der Waals surface area contributed by atoms with E-state index in [0.717, 1.165) is 43.7 Å². The zero-order chi connectivity index (χ0) is 24.1. The van der Waals surface area contributed by atoms with E-state index >= 15 is 0 Å². The van der Waals surface area contributed by atoms with Crippen molar-refractivity contribution in [3.63, 3.8) is 0 Å². The van der Waals surface area contributed by atoms with Gasteiger partial charge in [-0.3, -0.25) is 20.1 Å². The Morgan fingerprint density at radius 2 is 1.85 bits per heavy atom. The summed E-state index contributed by atoms with van der Waals surface area (Å²) in [7, 11) is 0. The molecule has 1 aromatic carbocycles. The van der Waals surface area contributed by atoms with Gasteiger partial charge in [-0.05, 0) is 64.1 Å². The van der Waals surface area contributed by atoms with E-state index in [2.05, 4.69) is 41.9 Å². The molecule has 3 aliphatic rings. The molecule has 4 rings (SSSR count). The first-order valence-corrected chi connectivity index (χ1v) is 12.9. The Morgan fingerprint density at radius 1 is 1.12 bits per heavy atom. The molecule has 3 heterocycles. The van der Waals surface area contributed by atoms with Crippen molar-refractivity contribution in [3.05, 3.63) is 41.7 Å². The minimum atomic E-state index is -0.139. The highest BCUT2D eigenvalue weighted by molar-refractivity contribution is 5.98. The van der Waals surface area contributed by atoms with Crippen molar-refractivity contribution in [3.8, 4) is 0 Å². The van der Waals surface area contributed by atoms with E-state index in [1.54, 1.807) is 11.1 Å². The molecule has 1 unspecified atom stereocenters. The Labute approximate surface area is 204 Å². The van der Waals surface area contributed by atoms with Crippen LogP contribution in [-0.2, 0) is 11.2 Å². The first kappa shape index (κ1) is 24.5.